The van der Waals surface area contributed by atoms with Crippen LogP contribution < -0.4 is 5.73 Å². The van der Waals surface area contributed by atoms with Gasteiger partial charge in [-0.2, -0.15) is 5.10 Å². The van der Waals surface area contributed by atoms with Gasteiger partial charge in [-0.25, -0.2) is 0 Å². The molecule has 3 heterocycles. The van der Waals surface area contributed by atoms with Gasteiger partial charge < -0.3 is 15.2 Å². The number of carbonyl (C=O) groups excluding carboxylic acids is 1. The lowest BCUT2D eigenvalue weighted by atomic mass is 10.2. The number of aryl methyl sites for hydroxylation is 2. The fourth-order valence-electron chi connectivity index (χ4n) is 2.50. The molecule has 0 aromatic carbocycles. The van der Waals surface area contributed by atoms with E-state index in [9.17, 15) is 4.79 Å². The maximum absolute atomic E-state index is 12.6. The van der Waals surface area contributed by atoms with Crippen LogP contribution in [0.1, 0.15) is 28.9 Å². The molecule has 2 aromatic heterocycles. The minimum absolute atomic E-state index is 0.105. The molecular formula is C12H17N7O. The van der Waals surface area contributed by atoms with E-state index in [1.54, 1.807) is 23.0 Å². The number of anilines is 1. The van der Waals surface area contributed by atoms with Crippen LogP contribution in [0.3, 0.4) is 0 Å². The average Bonchev–Trinajstić information content (AvgIpc) is 3.01. The van der Waals surface area contributed by atoms with Crippen LogP contribution in [0.2, 0.25) is 0 Å². The molecule has 8 nitrogen and oxygen atoms in total. The lowest BCUT2D eigenvalue weighted by Crippen LogP contribution is -2.39. The van der Waals surface area contributed by atoms with E-state index in [1.165, 1.54) is 0 Å². The zero-order chi connectivity index (χ0) is 14.3. The van der Waals surface area contributed by atoms with E-state index in [0.29, 0.717) is 37.4 Å². The Morgan fingerprint density at radius 3 is 2.95 bits per heavy atom. The first-order valence-electron chi connectivity index (χ1n) is 6.59. The zero-order valence-electron chi connectivity index (χ0n) is 11.6. The zero-order valence-corrected chi connectivity index (χ0v) is 11.6. The summed E-state index contributed by atoms with van der Waals surface area (Å²) in [6.45, 7) is 3.74. The Hall–Kier alpha value is -2.38. The van der Waals surface area contributed by atoms with Crippen LogP contribution in [0.4, 0.5) is 5.69 Å². The minimum atomic E-state index is -0.105. The molecule has 0 bridgehead atoms. The summed E-state index contributed by atoms with van der Waals surface area (Å²) < 4.78 is 3.52. The Bertz CT molecular complexity index is 657. The second kappa shape index (κ2) is 4.62. The number of carbonyl (C=O) groups is 1. The molecule has 0 saturated carbocycles. The highest BCUT2D eigenvalue weighted by Gasteiger charge is 2.27. The predicted molar refractivity (Wildman–Crippen MR) is 71.8 cm³/mol. The third-order valence-corrected chi connectivity index (χ3v) is 3.62. The molecule has 20 heavy (non-hydrogen) atoms. The Balaban J connectivity index is 1.89. The molecule has 0 fully saturated rings. The molecule has 0 unspecified atom stereocenters. The van der Waals surface area contributed by atoms with Crippen molar-refractivity contribution < 1.29 is 4.79 Å². The molecule has 1 amide bonds. The largest absolute Gasteiger partial charge is 0.395 e. The van der Waals surface area contributed by atoms with Crippen molar-refractivity contribution in [2.45, 2.75) is 26.4 Å². The Kier molecular flexibility index (Phi) is 2.92. The summed E-state index contributed by atoms with van der Waals surface area (Å²) in [6, 6.07) is 0. The summed E-state index contributed by atoms with van der Waals surface area (Å²) in [5.74, 6) is 0.688. The van der Waals surface area contributed by atoms with Gasteiger partial charge in [-0.05, 0) is 6.42 Å². The number of amides is 1. The normalized spacial score (nSPS) is 14.4. The molecular weight excluding hydrogens is 258 g/mol. The van der Waals surface area contributed by atoms with Crippen molar-refractivity contribution in [2.24, 2.45) is 7.05 Å². The number of hydrogen-bond donors (Lipinski definition) is 1. The van der Waals surface area contributed by atoms with Crippen LogP contribution >= 0.6 is 0 Å². The van der Waals surface area contributed by atoms with Crippen LogP contribution in [0, 0.1) is 0 Å². The van der Waals surface area contributed by atoms with Gasteiger partial charge in [0, 0.05) is 20.1 Å². The van der Waals surface area contributed by atoms with Crippen molar-refractivity contribution >= 4 is 11.6 Å². The number of aromatic nitrogens is 5. The van der Waals surface area contributed by atoms with E-state index in [1.807, 2.05) is 11.5 Å². The molecule has 0 radical (unpaired) electrons. The number of fused-ring (bicyclic) bond motifs is 1. The maximum Gasteiger partial charge on any atom is 0.274 e. The van der Waals surface area contributed by atoms with Gasteiger partial charge in [0.1, 0.15) is 12.0 Å². The fourth-order valence-corrected chi connectivity index (χ4v) is 2.50. The highest BCUT2D eigenvalue weighted by molar-refractivity contribution is 5.98. The van der Waals surface area contributed by atoms with Crippen LogP contribution in [0.5, 0.6) is 0 Å². The molecule has 0 spiro atoms. The molecule has 3 rings (SSSR count). The lowest BCUT2D eigenvalue weighted by molar-refractivity contribution is 0.0697. The van der Waals surface area contributed by atoms with Gasteiger partial charge in [-0.3, -0.25) is 9.48 Å². The molecule has 2 aromatic rings. The van der Waals surface area contributed by atoms with Crippen LogP contribution in [0.25, 0.3) is 0 Å². The Labute approximate surface area is 116 Å². The Morgan fingerprint density at radius 2 is 2.25 bits per heavy atom. The summed E-state index contributed by atoms with van der Waals surface area (Å²) in [7, 11) is 1.75. The number of hydrogen-bond acceptors (Lipinski definition) is 5. The fraction of sp³-hybridized carbons (Fsp3) is 0.500. The van der Waals surface area contributed by atoms with Gasteiger partial charge in [-0.15, -0.1) is 10.2 Å². The third kappa shape index (κ3) is 1.84. The third-order valence-electron chi connectivity index (χ3n) is 3.62. The highest BCUT2D eigenvalue weighted by atomic mass is 16.2. The van der Waals surface area contributed by atoms with E-state index >= 15 is 0 Å². The van der Waals surface area contributed by atoms with Crippen molar-refractivity contribution in [3.8, 4) is 0 Å². The summed E-state index contributed by atoms with van der Waals surface area (Å²) in [5, 5.41) is 12.2. The summed E-state index contributed by atoms with van der Waals surface area (Å²) in [5.41, 5.74) is 7.73. The Morgan fingerprint density at radius 1 is 1.45 bits per heavy atom. The van der Waals surface area contributed by atoms with Gasteiger partial charge in [0.25, 0.3) is 5.91 Å². The van der Waals surface area contributed by atoms with E-state index < -0.39 is 0 Å². The van der Waals surface area contributed by atoms with E-state index in [0.717, 1.165) is 11.5 Å². The number of nitrogen functional groups attached to an aromatic ring is 1. The molecule has 0 saturated heterocycles. The predicted octanol–water partition coefficient (Wildman–Crippen LogP) is -0.188. The molecule has 0 atom stereocenters. The second-order valence-corrected chi connectivity index (χ2v) is 4.85. The molecule has 1 aliphatic rings. The molecule has 106 valence electrons. The van der Waals surface area contributed by atoms with E-state index in [4.69, 9.17) is 5.73 Å². The first-order chi connectivity index (χ1) is 9.61. The SMILES string of the molecule is CCc1nn(C)c(C(=O)N2CCn3cnnc3C2)c1N. The first kappa shape index (κ1) is 12.6. The summed E-state index contributed by atoms with van der Waals surface area (Å²) in [6.07, 6.45) is 2.39. The van der Waals surface area contributed by atoms with E-state index in [2.05, 4.69) is 15.3 Å². The maximum atomic E-state index is 12.6. The molecule has 1 aliphatic heterocycles. The number of nitrogens with two attached hydrogens (primary N) is 1. The van der Waals surface area contributed by atoms with Crippen molar-refractivity contribution in [1.82, 2.24) is 29.4 Å². The number of nitrogens with zero attached hydrogens (tertiary/aromatic N) is 6. The first-order valence-corrected chi connectivity index (χ1v) is 6.59. The van der Waals surface area contributed by atoms with Crippen molar-refractivity contribution in [2.75, 3.05) is 12.3 Å². The van der Waals surface area contributed by atoms with Crippen LogP contribution in [-0.2, 0) is 26.6 Å². The van der Waals surface area contributed by atoms with Gasteiger partial charge >= 0.3 is 0 Å². The van der Waals surface area contributed by atoms with Gasteiger partial charge in [0.05, 0.1) is 17.9 Å². The van der Waals surface area contributed by atoms with Crippen LogP contribution in [0.15, 0.2) is 6.33 Å². The van der Waals surface area contributed by atoms with Gasteiger partial charge in [0.15, 0.2) is 5.82 Å². The van der Waals surface area contributed by atoms with E-state index in [-0.39, 0.29) is 5.91 Å². The monoisotopic (exact) mass is 275 g/mol. The summed E-state index contributed by atoms with van der Waals surface area (Å²) in [4.78, 5) is 14.4. The number of rotatable bonds is 2. The molecule has 8 heteroatoms. The van der Waals surface area contributed by atoms with Crippen molar-refractivity contribution in [1.29, 1.82) is 0 Å². The quantitative estimate of drug-likeness (QED) is 0.820. The average molecular weight is 275 g/mol. The van der Waals surface area contributed by atoms with Gasteiger partial charge in [0.2, 0.25) is 0 Å². The summed E-state index contributed by atoms with van der Waals surface area (Å²) >= 11 is 0. The smallest absolute Gasteiger partial charge is 0.274 e. The molecule has 0 aliphatic carbocycles. The van der Waals surface area contributed by atoms with Crippen molar-refractivity contribution in [3.63, 3.8) is 0 Å². The standard InChI is InChI=1S/C12H17N7O/c1-3-8-10(13)11(17(2)16-8)12(20)18-4-5-19-7-14-15-9(19)6-18/h7H,3-6,13H2,1-2H3. The lowest BCUT2D eigenvalue weighted by Gasteiger charge is -2.27. The molecule has 2 N–H and O–H groups in total. The van der Waals surface area contributed by atoms with Crippen LogP contribution in [-0.4, -0.2) is 41.9 Å². The van der Waals surface area contributed by atoms with Crippen molar-refractivity contribution in [3.05, 3.63) is 23.5 Å². The highest BCUT2D eigenvalue weighted by Crippen LogP contribution is 2.21. The topological polar surface area (TPSA) is 94.9 Å². The van der Waals surface area contributed by atoms with Gasteiger partial charge in [-0.1, -0.05) is 6.92 Å². The second-order valence-electron chi connectivity index (χ2n) is 4.85. The minimum Gasteiger partial charge on any atom is -0.395 e.